The van der Waals surface area contributed by atoms with Gasteiger partial charge in [0.1, 0.15) is 11.3 Å². The Hall–Kier alpha value is -2.24. The zero-order valence-electron chi connectivity index (χ0n) is 10.3. The van der Waals surface area contributed by atoms with Gasteiger partial charge in [-0.15, -0.1) is 5.10 Å². The van der Waals surface area contributed by atoms with Crippen molar-refractivity contribution < 1.29 is 9.90 Å². The van der Waals surface area contributed by atoms with Crippen molar-refractivity contribution in [3.8, 4) is 5.88 Å². The number of hydrogen-bond donors (Lipinski definition) is 1. The zero-order valence-corrected chi connectivity index (χ0v) is 10.3. The fraction of sp³-hybridized carbons (Fsp3) is 0.333. The molecule has 0 aliphatic rings. The van der Waals surface area contributed by atoms with Crippen LogP contribution in [0.3, 0.4) is 0 Å². The molecular formula is C12H14N4O2. The van der Waals surface area contributed by atoms with Gasteiger partial charge >= 0.3 is 0 Å². The molecule has 0 unspecified atom stereocenters. The summed E-state index contributed by atoms with van der Waals surface area (Å²) in [4.78, 5) is 12.3. The van der Waals surface area contributed by atoms with E-state index in [0.717, 1.165) is 6.42 Å². The first-order valence-electron chi connectivity index (χ1n) is 5.72. The van der Waals surface area contributed by atoms with Crippen molar-refractivity contribution in [3.05, 3.63) is 35.3 Å². The molecule has 0 bridgehead atoms. The molecule has 1 N–H and O–H groups in total. The van der Waals surface area contributed by atoms with Gasteiger partial charge < -0.3 is 5.11 Å². The Morgan fingerprint density at radius 1 is 1.50 bits per heavy atom. The zero-order chi connectivity index (χ0) is 13.1. The van der Waals surface area contributed by atoms with Crippen molar-refractivity contribution in [2.75, 3.05) is 0 Å². The molecule has 6 heteroatoms. The highest BCUT2D eigenvalue weighted by atomic mass is 16.3. The Morgan fingerprint density at radius 2 is 2.28 bits per heavy atom. The van der Waals surface area contributed by atoms with Crippen molar-refractivity contribution in [3.63, 3.8) is 0 Å². The fourth-order valence-electron chi connectivity index (χ4n) is 1.76. The highest BCUT2D eigenvalue weighted by Crippen LogP contribution is 2.23. The summed E-state index contributed by atoms with van der Waals surface area (Å²) in [5, 5.41) is 21.5. The lowest BCUT2D eigenvalue weighted by molar-refractivity contribution is 0.102. The largest absolute Gasteiger partial charge is 0.493 e. The molecule has 2 aromatic rings. The molecule has 0 aliphatic carbocycles. The third-order valence-electron chi connectivity index (χ3n) is 2.61. The van der Waals surface area contributed by atoms with Gasteiger partial charge in [0.05, 0.1) is 5.69 Å². The average Bonchev–Trinajstić information content (AvgIpc) is 2.66. The van der Waals surface area contributed by atoms with Gasteiger partial charge in [-0.05, 0) is 18.6 Å². The molecular weight excluding hydrogens is 232 g/mol. The first-order valence-corrected chi connectivity index (χ1v) is 5.72. The predicted molar refractivity (Wildman–Crippen MR) is 64.3 cm³/mol. The van der Waals surface area contributed by atoms with Crippen LogP contribution in [0.25, 0.3) is 0 Å². The summed E-state index contributed by atoms with van der Waals surface area (Å²) in [6, 6.07) is 3.20. The number of aromatic nitrogens is 4. The summed E-state index contributed by atoms with van der Waals surface area (Å²) < 4.78 is 1.30. The van der Waals surface area contributed by atoms with Gasteiger partial charge in [0.15, 0.2) is 0 Å². The summed E-state index contributed by atoms with van der Waals surface area (Å²) >= 11 is 0. The molecule has 0 spiro atoms. The first-order chi connectivity index (χ1) is 8.65. The minimum absolute atomic E-state index is 0.130. The minimum atomic E-state index is -0.350. The third-order valence-corrected chi connectivity index (χ3v) is 2.61. The van der Waals surface area contributed by atoms with Gasteiger partial charge in [0.2, 0.25) is 11.7 Å². The average molecular weight is 246 g/mol. The number of nitrogens with zero attached hydrogens (tertiary/aromatic N) is 4. The third kappa shape index (κ3) is 2.09. The first kappa shape index (κ1) is 12.2. The molecule has 18 heavy (non-hydrogen) atoms. The second-order valence-corrected chi connectivity index (χ2v) is 3.96. The summed E-state index contributed by atoms with van der Waals surface area (Å²) in [5.74, 6) is -0.480. The standard InChI is InChI=1S/C12H14N4O2/c1-3-5-8-10(12(18)16(2)15-8)11(17)9-6-4-7-13-14-9/h4,6-7,18H,3,5H2,1-2H3. The van der Waals surface area contributed by atoms with E-state index < -0.39 is 0 Å². The lowest BCUT2D eigenvalue weighted by atomic mass is 10.1. The number of carbonyl (C=O) groups excluding carboxylic acids is 1. The normalized spacial score (nSPS) is 10.6. The van der Waals surface area contributed by atoms with E-state index in [0.29, 0.717) is 12.1 Å². The number of ketones is 1. The molecule has 0 fully saturated rings. The Balaban J connectivity index is 2.47. The van der Waals surface area contributed by atoms with Crippen LogP contribution in [0, 0.1) is 0 Å². The van der Waals surface area contributed by atoms with Crippen LogP contribution in [0.5, 0.6) is 5.88 Å². The molecule has 0 aliphatic heterocycles. The molecule has 2 heterocycles. The lowest BCUT2D eigenvalue weighted by Crippen LogP contribution is -2.07. The number of rotatable bonds is 4. The van der Waals surface area contributed by atoms with E-state index in [4.69, 9.17) is 0 Å². The Kier molecular flexibility index (Phi) is 3.36. The highest BCUT2D eigenvalue weighted by Gasteiger charge is 2.23. The maximum Gasteiger partial charge on any atom is 0.220 e. The van der Waals surface area contributed by atoms with Crippen LogP contribution in [-0.4, -0.2) is 30.9 Å². The molecule has 94 valence electrons. The number of carbonyl (C=O) groups is 1. The second kappa shape index (κ2) is 4.95. The molecule has 0 saturated carbocycles. The van der Waals surface area contributed by atoms with Gasteiger partial charge in [0.25, 0.3) is 0 Å². The molecule has 0 aromatic carbocycles. The highest BCUT2D eigenvalue weighted by molar-refractivity contribution is 6.09. The van der Waals surface area contributed by atoms with Gasteiger partial charge in [-0.1, -0.05) is 13.3 Å². The van der Waals surface area contributed by atoms with Gasteiger partial charge in [-0.2, -0.15) is 10.2 Å². The van der Waals surface area contributed by atoms with E-state index in [1.807, 2.05) is 6.92 Å². The molecule has 2 aromatic heterocycles. The smallest absolute Gasteiger partial charge is 0.220 e. The van der Waals surface area contributed by atoms with Crippen LogP contribution in [0.1, 0.15) is 35.1 Å². The van der Waals surface area contributed by atoms with Crippen molar-refractivity contribution in [2.24, 2.45) is 7.05 Å². The molecule has 0 amide bonds. The maximum atomic E-state index is 12.3. The molecule has 0 saturated heterocycles. The van der Waals surface area contributed by atoms with Crippen molar-refractivity contribution in [2.45, 2.75) is 19.8 Å². The summed E-state index contributed by atoms with van der Waals surface area (Å²) in [6.45, 7) is 1.99. The van der Waals surface area contributed by atoms with Crippen LogP contribution in [0.2, 0.25) is 0 Å². The minimum Gasteiger partial charge on any atom is -0.493 e. The SMILES string of the molecule is CCCc1nn(C)c(O)c1C(=O)c1cccnn1. The van der Waals surface area contributed by atoms with Crippen LogP contribution in [0.15, 0.2) is 18.3 Å². The number of aromatic hydroxyl groups is 1. The quantitative estimate of drug-likeness (QED) is 0.817. The summed E-state index contributed by atoms with van der Waals surface area (Å²) in [6.07, 6.45) is 2.97. The van der Waals surface area contributed by atoms with E-state index in [2.05, 4.69) is 15.3 Å². The Morgan fingerprint density at radius 3 is 2.89 bits per heavy atom. The summed E-state index contributed by atoms with van der Waals surface area (Å²) in [5.41, 5.74) is 1.02. The molecule has 6 nitrogen and oxygen atoms in total. The van der Waals surface area contributed by atoms with E-state index >= 15 is 0 Å². The van der Waals surface area contributed by atoms with Gasteiger partial charge in [0, 0.05) is 13.2 Å². The van der Waals surface area contributed by atoms with Crippen LogP contribution >= 0.6 is 0 Å². The van der Waals surface area contributed by atoms with E-state index in [1.165, 1.54) is 10.9 Å². The maximum absolute atomic E-state index is 12.3. The van der Waals surface area contributed by atoms with Gasteiger partial charge in [-0.25, -0.2) is 4.68 Å². The van der Waals surface area contributed by atoms with Crippen LogP contribution < -0.4 is 0 Å². The van der Waals surface area contributed by atoms with Crippen molar-refractivity contribution >= 4 is 5.78 Å². The predicted octanol–water partition coefficient (Wildman–Crippen LogP) is 1.10. The Bertz CT molecular complexity index is 563. The van der Waals surface area contributed by atoms with E-state index in [1.54, 1.807) is 19.2 Å². The lowest BCUT2D eigenvalue weighted by Gasteiger charge is -2.00. The van der Waals surface area contributed by atoms with Crippen molar-refractivity contribution in [1.82, 2.24) is 20.0 Å². The van der Waals surface area contributed by atoms with Crippen LogP contribution in [0.4, 0.5) is 0 Å². The molecule has 0 atom stereocenters. The summed E-state index contributed by atoms with van der Waals surface area (Å²) in [7, 11) is 1.60. The Labute approximate surface area is 104 Å². The topological polar surface area (TPSA) is 80.9 Å². The van der Waals surface area contributed by atoms with Gasteiger partial charge in [-0.3, -0.25) is 4.79 Å². The van der Waals surface area contributed by atoms with Crippen LogP contribution in [-0.2, 0) is 13.5 Å². The second-order valence-electron chi connectivity index (χ2n) is 3.96. The molecule has 0 radical (unpaired) electrons. The van der Waals surface area contributed by atoms with E-state index in [9.17, 15) is 9.90 Å². The van der Waals surface area contributed by atoms with E-state index in [-0.39, 0.29) is 22.9 Å². The number of aryl methyl sites for hydroxylation is 2. The van der Waals surface area contributed by atoms with Crippen molar-refractivity contribution in [1.29, 1.82) is 0 Å². The monoisotopic (exact) mass is 246 g/mol. The molecule has 2 rings (SSSR count). The fourth-order valence-corrected chi connectivity index (χ4v) is 1.76. The number of hydrogen-bond acceptors (Lipinski definition) is 5.